The Morgan fingerprint density at radius 2 is 2.07 bits per heavy atom. The average Bonchev–Trinajstić information content (AvgIpc) is 3.11. The van der Waals surface area contributed by atoms with Crippen LogP contribution in [0.5, 0.6) is 0 Å². The molecule has 3 aromatic heterocycles. The van der Waals surface area contributed by atoms with Gasteiger partial charge in [-0.15, -0.1) is 0 Å². The van der Waals surface area contributed by atoms with Crippen LogP contribution in [0.15, 0.2) is 36.7 Å². The number of alkyl halides is 3. The van der Waals surface area contributed by atoms with Crippen LogP contribution in [-0.2, 0) is 12.7 Å². The number of pyridine rings is 1. The molecule has 0 saturated carbocycles. The topological polar surface area (TPSA) is 46.3 Å². The van der Waals surface area contributed by atoms with Gasteiger partial charge in [0, 0.05) is 43.2 Å². The van der Waals surface area contributed by atoms with Crippen molar-refractivity contribution in [3.8, 4) is 0 Å². The molecule has 4 rings (SSSR count). The van der Waals surface area contributed by atoms with Gasteiger partial charge in [0.15, 0.2) is 5.65 Å². The molecule has 0 amide bonds. The Morgan fingerprint density at radius 3 is 2.76 bits per heavy atom. The average molecular weight is 403 g/mol. The number of likely N-dealkylation sites (tertiary alicyclic amines) is 1. The zero-order valence-electron chi connectivity index (χ0n) is 16.5. The molecule has 1 unspecified atom stereocenters. The molecular weight excluding hydrogens is 379 g/mol. The Kier molecular flexibility index (Phi) is 5.29. The van der Waals surface area contributed by atoms with Crippen LogP contribution in [0.4, 0.5) is 13.2 Å². The molecule has 0 N–H and O–H groups in total. The summed E-state index contributed by atoms with van der Waals surface area (Å²) in [5.41, 5.74) is 1.74. The van der Waals surface area contributed by atoms with Crippen molar-refractivity contribution in [3.63, 3.8) is 0 Å². The van der Waals surface area contributed by atoms with Crippen molar-refractivity contribution in [2.45, 2.75) is 51.2 Å². The minimum absolute atomic E-state index is 0.0886. The SMILES string of the molecule is CC(C)c1cc(C(F)(F)F)n2nc(C3CCCN(Cc4cccnc4)C3)cc2n1. The minimum Gasteiger partial charge on any atom is -0.298 e. The highest BCUT2D eigenvalue weighted by atomic mass is 19.4. The molecule has 1 fully saturated rings. The summed E-state index contributed by atoms with van der Waals surface area (Å²) in [7, 11) is 0. The fourth-order valence-corrected chi connectivity index (χ4v) is 3.90. The molecule has 1 saturated heterocycles. The number of hydrogen-bond donors (Lipinski definition) is 0. The first kappa shape index (κ1) is 19.8. The van der Waals surface area contributed by atoms with Crippen LogP contribution in [0, 0.1) is 0 Å². The summed E-state index contributed by atoms with van der Waals surface area (Å²) in [6.45, 7) is 6.18. The summed E-state index contributed by atoms with van der Waals surface area (Å²) >= 11 is 0. The van der Waals surface area contributed by atoms with Crippen LogP contribution in [0.2, 0.25) is 0 Å². The van der Waals surface area contributed by atoms with Crippen LogP contribution in [0.25, 0.3) is 5.65 Å². The van der Waals surface area contributed by atoms with Gasteiger partial charge in [-0.3, -0.25) is 9.88 Å². The lowest BCUT2D eigenvalue weighted by Gasteiger charge is -2.31. The minimum atomic E-state index is -4.48. The highest BCUT2D eigenvalue weighted by Gasteiger charge is 2.36. The van der Waals surface area contributed by atoms with Gasteiger partial charge in [0.25, 0.3) is 0 Å². The van der Waals surface area contributed by atoms with Crippen LogP contribution >= 0.6 is 0 Å². The zero-order chi connectivity index (χ0) is 20.6. The number of fused-ring (bicyclic) bond motifs is 1. The van der Waals surface area contributed by atoms with Crippen molar-refractivity contribution in [1.29, 1.82) is 0 Å². The number of hydrogen-bond acceptors (Lipinski definition) is 4. The molecule has 0 aliphatic carbocycles. The van der Waals surface area contributed by atoms with E-state index in [1.54, 1.807) is 12.3 Å². The smallest absolute Gasteiger partial charge is 0.298 e. The monoisotopic (exact) mass is 403 g/mol. The lowest BCUT2D eigenvalue weighted by Crippen LogP contribution is -2.34. The maximum absolute atomic E-state index is 13.6. The number of aromatic nitrogens is 4. The van der Waals surface area contributed by atoms with Gasteiger partial charge in [-0.05, 0) is 43.0 Å². The summed E-state index contributed by atoms with van der Waals surface area (Å²) in [6, 6.07) is 6.79. The van der Waals surface area contributed by atoms with Crippen LogP contribution in [0.3, 0.4) is 0 Å². The Morgan fingerprint density at radius 1 is 1.24 bits per heavy atom. The van der Waals surface area contributed by atoms with E-state index in [4.69, 9.17) is 0 Å². The van der Waals surface area contributed by atoms with E-state index >= 15 is 0 Å². The van der Waals surface area contributed by atoms with E-state index in [1.807, 2.05) is 32.2 Å². The summed E-state index contributed by atoms with van der Waals surface area (Å²) in [4.78, 5) is 10.9. The fraction of sp³-hybridized carbons (Fsp3) is 0.476. The summed E-state index contributed by atoms with van der Waals surface area (Å²) < 4.78 is 41.8. The van der Waals surface area contributed by atoms with Crippen LogP contribution in [0.1, 0.15) is 61.2 Å². The van der Waals surface area contributed by atoms with Gasteiger partial charge < -0.3 is 0 Å². The predicted octanol–water partition coefficient (Wildman–Crippen LogP) is 4.65. The summed E-state index contributed by atoms with van der Waals surface area (Å²) in [5.74, 6) is -0.00481. The number of rotatable bonds is 4. The van der Waals surface area contributed by atoms with Gasteiger partial charge >= 0.3 is 6.18 Å². The van der Waals surface area contributed by atoms with Gasteiger partial charge in [0.05, 0.1) is 5.69 Å². The van der Waals surface area contributed by atoms with Crippen molar-refractivity contribution in [2.24, 2.45) is 0 Å². The molecule has 5 nitrogen and oxygen atoms in total. The second kappa shape index (κ2) is 7.74. The Bertz CT molecular complexity index is 981. The third-order valence-electron chi connectivity index (χ3n) is 5.40. The molecule has 8 heteroatoms. The second-order valence-electron chi connectivity index (χ2n) is 7.99. The third-order valence-corrected chi connectivity index (χ3v) is 5.40. The highest BCUT2D eigenvalue weighted by molar-refractivity contribution is 5.44. The molecule has 1 aliphatic rings. The summed E-state index contributed by atoms with van der Waals surface area (Å²) in [5, 5.41) is 4.34. The molecule has 1 aliphatic heterocycles. The molecule has 0 radical (unpaired) electrons. The van der Waals surface area contributed by atoms with E-state index in [0.717, 1.165) is 48.6 Å². The fourth-order valence-electron chi connectivity index (χ4n) is 3.90. The van der Waals surface area contributed by atoms with E-state index in [0.29, 0.717) is 11.4 Å². The Balaban J connectivity index is 1.63. The van der Waals surface area contributed by atoms with Crippen molar-refractivity contribution in [2.75, 3.05) is 13.1 Å². The number of nitrogens with zero attached hydrogens (tertiary/aromatic N) is 5. The molecule has 29 heavy (non-hydrogen) atoms. The third kappa shape index (κ3) is 4.27. The van der Waals surface area contributed by atoms with Gasteiger partial charge in [-0.1, -0.05) is 19.9 Å². The molecular formula is C21H24F3N5. The molecule has 0 bridgehead atoms. The summed E-state index contributed by atoms with van der Waals surface area (Å²) in [6.07, 6.45) is 1.01. The highest BCUT2D eigenvalue weighted by Crippen LogP contribution is 2.33. The standard InChI is InChI=1S/C21H24F3N5/c1-14(2)17-9-19(21(22,23)24)29-20(26-17)10-18(27-29)16-6-4-8-28(13-16)12-15-5-3-7-25-11-15/h3,5,7,9-11,14,16H,4,6,8,12-13H2,1-2H3. The van der Waals surface area contributed by atoms with Crippen molar-refractivity contribution >= 4 is 5.65 Å². The van der Waals surface area contributed by atoms with Crippen molar-refractivity contribution in [3.05, 3.63) is 59.3 Å². The first-order valence-electron chi connectivity index (χ1n) is 9.90. The largest absolute Gasteiger partial charge is 0.433 e. The predicted molar refractivity (Wildman–Crippen MR) is 104 cm³/mol. The van der Waals surface area contributed by atoms with E-state index in [2.05, 4.69) is 20.0 Å². The molecule has 1 atom stereocenters. The van der Waals surface area contributed by atoms with E-state index in [9.17, 15) is 13.2 Å². The van der Waals surface area contributed by atoms with Crippen molar-refractivity contribution in [1.82, 2.24) is 24.5 Å². The van der Waals surface area contributed by atoms with Crippen LogP contribution < -0.4 is 0 Å². The molecule has 0 spiro atoms. The maximum Gasteiger partial charge on any atom is 0.433 e. The van der Waals surface area contributed by atoms with E-state index in [1.165, 1.54) is 0 Å². The number of piperidine rings is 1. The van der Waals surface area contributed by atoms with Gasteiger partial charge in [-0.2, -0.15) is 18.3 Å². The molecule has 4 heterocycles. The van der Waals surface area contributed by atoms with Gasteiger partial charge in [0.1, 0.15) is 5.69 Å². The van der Waals surface area contributed by atoms with Crippen molar-refractivity contribution < 1.29 is 13.2 Å². The zero-order valence-corrected chi connectivity index (χ0v) is 16.5. The first-order chi connectivity index (χ1) is 13.8. The lowest BCUT2D eigenvalue weighted by molar-refractivity contribution is -0.142. The maximum atomic E-state index is 13.6. The van der Waals surface area contributed by atoms with Crippen LogP contribution in [-0.4, -0.2) is 37.6 Å². The lowest BCUT2D eigenvalue weighted by atomic mass is 9.94. The quantitative estimate of drug-likeness (QED) is 0.636. The van der Waals surface area contributed by atoms with E-state index < -0.39 is 11.9 Å². The van der Waals surface area contributed by atoms with Gasteiger partial charge in [-0.25, -0.2) is 9.50 Å². The first-order valence-corrected chi connectivity index (χ1v) is 9.90. The Labute approximate surface area is 167 Å². The second-order valence-corrected chi connectivity index (χ2v) is 7.99. The normalized spacial score (nSPS) is 18.6. The van der Waals surface area contributed by atoms with Gasteiger partial charge in [0.2, 0.25) is 0 Å². The van der Waals surface area contributed by atoms with E-state index in [-0.39, 0.29) is 17.5 Å². The molecule has 0 aromatic carbocycles. The number of halogens is 3. The molecule has 3 aromatic rings. The molecule has 154 valence electrons. The Hall–Kier alpha value is -2.48.